The van der Waals surface area contributed by atoms with Gasteiger partial charge in [-0.3, -0.25) is 4.90 Å². The molecule has 1 saturated heterocycles. The lowest BCUT2D eigenvalue weighted by Crippen LogP contribution is -2.34. The molecule has 1 N–H and O–H groups in total. The van der Waals surface area contributed by atoms with Crippen LogP contribution in [0, 0.1) is 5.92 Å². The Kier molecular flexibility index (Phi) is 5.18. The molecule has 0 unspecified atom stereocenters. The van der Waals surface area contributed by atoms with E-state index in [2.05, 4.69) is 52.3 Å². The smallest absolute Gasteiger partial charge is 0.0804 e. The molecule has 0 radical (unpaired) electrons. The van der Waals surface area contributed by atoms with Crippen LogP contribution in [0.4, 0.5) is 0 Å². The number of likely N-dealkylation sites (tertiary alicyclic amines) is 1. The molecule has 1 aliphatic heterocycles. The predicted molar refractivity (Wildman–Crippen MR) is 102 cm³/mol. The van der Waals surface area contributed by atoms with Crippen LogP contribution >= 0.6 is 0 Å². The van der Waals surface area contributed by atoms with Crippen LogP contribution in [0.25, 0.3) is 5.69 Å². The molecule has 4 rings (SSSR count). The minimum atomic E-state index is 0.899. The third-order valence-corrected chi connectivity index (χ3v) is 5.90. The molecular weight excluding hydrogens is 308 g/mol. The number of benzene rings is 1. The predicted octanol–water partition coefficient (Wildman–Crippen LogP) is 3.18. The van der Waals surface area contributed by atoms with Gasteiger partial charge in [0.25, 0.3) is 0 Å². The van der Waals surface area contributed by atoms with Crippen LogP contribution in [0.15, 0.2) is 30.3 Å². The van der Waals surface area contributed by atoms with Crippen molar-refractivity contribution >= 4 is 0 Å². The topological polar surface area (TPSA) is 33.1 Å². The van der Waals surface area contributed by atoms with Gasteiger partial charge in [0, 0.05) is 12.2 Å². The van der Waals surface area contributed by atoms with Gasteiger partial charge in [0.05, 0.1) is 11.4 Å². The number of piperidine rings is 1. The minimum Gasteiger partial charge on any atom is -0.320 e. The summed E-state index contributed by atoms with van der Waals surface area (Å²) in [5.74, 6) is 0.899. The van der Waals surface area contributed by atoms with Crippen LogP contribution in [0.3, 0.4) is 0 Å². The van der Waals surface area contributed by atoms with Crippen LogP contribution in [0.5, 0.6) is 0 Å². The van der Waals surface area contributed by atoms with E-state index in [1.807, 2.05) is 0 Å². The van der Waals surface area contributed by atoms with Gasteiger partial charge < -0.3 is 5.32 Å². The van der Waals surface area contributed by atoms with Crippen LogP contribution in [-0.2, 0) is 19.4 Å². The SMILES string of the molecule is CNCCC1CCN(Cc2nn(-c3ccccc3)c3c2CCC3)CC1. The second-order valence-corrected chi connectivity index (χ2v) is 7.58. The van der Waals surface area contributed by atoms with E-state index >= 15 is 0 Å². The number of fused-ring (bicyclic) bond motifs is 1. The number of hydrogen-bond donors (Lipinski definition) is 1. The standard InChI is InChI=1S/C21H30N4/c1-22-13-10-17-11-14-24(15-12-17)16-20-19-8-5-9-21(19)25(23-20)18-6-3-2-4-7-18/h2-4,6-7,17,22H,5,8-16H2,1H3. The normalized spacial score (nSPS) is 18.6. The summed E-state index contributed by atoms with van der Waals surface area (Å²) in [5, 5.41) is 8.32. The van der Waals surface area contributed by atoms with Gasteiger partial charge >= 0.3 is 0 Å². The van der Waals surface area contributed by atoms with E-state index in [1.165, 1.54) is 74.3 Å². The fourth-order valence-corrected chi connectivity index (χ4v) is 4.42. The summed E-state index contributed by atoms with van der Waals surface area (Å²) in [7, 11) is 2.05. The molecule has 0 saturated carbocycles. The van der Waals surface area contributed by atoms with Crippen LogP contribution in [-0.4, -0.2) is 41.4 Å². The van der Waals surface area contributed by atoms with Gasteiger partial charge in [0.1, 0.15) is 0 Å². The molecular formula is C21H30N4. The monoisotopic (exact) mass is 338 g/mol. The highest BCUT2D eigenvalue weighted by atomic mass is 15.3. The van der Waals surface area contributed by atoms with Gasteiger partial charge in [-0.25, -0.2) is 4.68 Å². The summed E-state index contributed by atoms with van der Waals surface area (Å²) < 4.78 is 2.21. The molecule has 0 atom stereocenters. The van der Waals surface area contributed by atoms with Crippen molar-refractivity contribution in [1.82, 2.24) is 20.0 Å². The fourth-order valence-electron chi connectivity index (χ4n) is 4.42. The number of nitrogens with zero attached hydrogens (tertiary/aromatic N) is 3. The average Bonchev–Trinajstić information content (AvgIpc) is 3.26. The maximum atomic E-state index is 5.03. The highest BCUT2D eigenvalue weighted by Crippen LogP contribution is 2.29. The first kappa shape index (κ1) is 16.8. The van der Waals surface area contributed by atoms with E-state index < -0.39 is 0 Å². The van der Waals surface area contributed by atoms with Crippen molar-refractivity contribution in [3.05, 3.63) is 47.3 Å². The van der Waals surface area contributed by atoms with Crippen molar-refractivity contribution in [3.8, 4) is 5.69 Å². The van der Waals surface area contributed by atoms with E-state index in [4.69, 9.17) is 5.10 Å². The quantitative estimate of drug-likeness (QED) is 0.878. The molecule has 0 spiro atoms. The number of hydrogen-bond acceptors (Lipinski definition) is 3. The Labute approximate surface area is 151 Å². The minimum absolute atomic E-state index is 0.899. The van der Waals surface area contributed by atoms with E-state index in [-0.39, 0.29) is 0 Å². The lowest BCUT2D eigenvalue weighted by molar-refractivity contribution is 0.170. The summed E-state index contributed by atoms with van der Waals surface area (Å²) in [6.07, 6.45) is 7.65. The lowest BCUT2D eigenvalue weighted by atomic mass is 9.93. The van der Waals surface area contributed by atoms with E-state index in [9.17, 15) is 0 Å². The van der Waals surface area contributed by atoms with Crippen LogP contribution in [0.2, 0.25) is 0 Å². The largest absolute Gasteiger partial charge is 0.320 e. The van der Waals surface area contributed by atoms with E-state index in [1.54, 1.807) is 0 Å². The highest BCUT2D eigenvalue weighted by Gasteiger charge is 2.26. The van der Waals surface area contributed by atoms with Gasteiger partial charge in [0.15, 0.2) is 0 Å². The first-order valence-electron chi connectivity index (χ1n) is 9.87. The van der Waals surface area contributed by atoms with Crippen LogP contribution < -0.4 is 5.32 Å². The Bertz CT molecular complexity index is 683. The molecule has 4 heteroatoms. The molecule has 0 bridgehead atoms. The van der Waals surface area contributed by atoms with Crippen molar-refractivity contribution in [1.29, 1.82) is 0 Å². The average molecular weight is 338 g/mol. The molecule has 134 valence electrons. The maximum absolute atomic E-state index is 5.03. The Morgan fingerprint density at radius 3 is 2.68 bits per heavy atom. The number of para-hydroxylation sites is 1. The molecule has 2 aromatic rings. The molecule has 2 aliphatic rings. The third kappa shape index (κ3) is 3.65. The lowest BCUT2D eigenvalue weighted by Gasteiger charge is -2.31. The second kappa shape index (κ2) is 7.71. The molecule has 1 aromatic carbocycles. The first-order chi connectivity index (χ1) is 12.3. The van der Waals surface area contributed by atoms with Crippen molar-refractivity contribution in [2.24, 2.45) is 5.92 Å². The molecule has 25 heavy (non-hydrogen) atoms. The molecule has 0 amide bonds. The summed E-state index contributed by atoms with van der Waals surface area (Å²) >= 11 is 0. The molecule has 2 heterocycles. The zero-order valence-corrected chi connectivity index (χ0v) is 15.4. The first-order valence-corrected chi connectivity index (χ1v) is 9.87. The Morgan fingerprint density at radius 1 is 1.12 bits per heavy atom. The van der Waals surface area contributed by atoms with Gasteiger partial charge in [-0.1, -0.05) is 18.2 Å². The van der Waals surface area contributed by atoms with Crippen molar-refractivity contribution < 1.29 is 0 Å². The van der Waals surface area contributed by atoms with Crippen molar-refractivity contribution in [2.75, 3.05) is 26.7 Å². The van der Waals surface area contributed by atoms with Gasteiger partial charge in [-0.15, -0.1) is 0 Å². The number of nitrogens with one attached hydrogen (secondary N) is 1. The summed E-state index contributed by atoms with van der Waals surface area (Å²) in [5.41, 5.74) is 5.51. The van der Waals surface area contributed by atoms with E-state index in [0.29, 0.717) is 0 Å². The fraction of sp³-hybridized carbons (Fsp3) is 0.571. The summed E-state index contributed by atoms with van der Waals surface area (Å²) in [6.45, 7) is 4.63. The number of aromatic nitrogens is 2. The second-order valence-electron chi connectivity index (χ2n) is 7.58. The Morgan fingerprint density at radius 2 is 1.92 bits per heavy atom. The number of rotatable bonds is 6. The van der Waals surface area contributed by atoms with Crippen molar-refractivity contribution in [3.63, 3.8) is 0 Å². The summed E-state index contributed by atoms with van der Waals surface area (Å²) in [6, 6.07) is 10.6. The van der Waals surface area contributed by atoms with Gasteiger partial charge in [-0.2, -0.15) is 5.10 Å². The Hall–Kier alpha value is -1.65. The maximum Gasteiger partial charge on any atom is 0.0804 e. The third-order valence-electron chi connectivity index (χ3n) is 5.90. The van der Waals surface area contributed by atoms with Crippen LogP contribution in [0.1, 0.15) is 42.6 Å². The molecule has 1 fully saturated rings. The Balaban J connectivity index is 1.45. The van der Waals surface area contributed by atoms with Crippen molar-refractivity contribution in [2.45, 2.75) is 45.1 Å². The highest BCUT2D eigenvalue weighted by molar-refractivity contribution is 5.39. The van der Waals surface area contributed by atoms with E-state index in [0.717, 1.165) is 19.0 Å². The molecule has 1 aliphatic carbocycles. The zero-order chi connectivity index (χ0) is 17.1. The van der Waals surface area contributed by atoms with Gasteiger partial charge in [-0.05, 0) is 88.8 Å². The summed E-state index contributed by atoms with van der Waals surface area (Å²) in [4.78, 5) is 2.62. The molecule has 4 nitrogen and oxygen atoms in total. The van der Waals surface area contributed by atoms with Gasteiger partial charge in [0.2, 0.25) is 0 Å². The molecule has 1 aromatic heterocycles. The zero-order valence-electron chi connectivity index (χ0n) is 15.4.